The molecule has 1 aromatic carbocycles. The number of hydrogen-bond acceptors (Lipinski definition) is 4. The van der Waals surface area contributed by atoms with Gasteiger partial charge in [-0.3, -0.25) is 14.5 Å². The molecule has 24 heavy (non-hydrogen) atoms. The van der Waals surface area contributed by atoms with E-state index in [1.807, 2.05) is 0 Å². The highest BCUT2D eigenvalue weighted by Gasteiger charge is 2.46. The van der Waals surface area contributed by atoms with Crippen molar-refractivity contribution in [1.29, 1.82) is 0 Å². The molecule has 0 aliphatic carbocycles. The average Bonchev–Trinajstić information content (AvgIpc) is 3.15. The molecule has 2 amide bonds. The molecule has 128 valence electrons. The van der Waals surface area contributed by atoms with Crippen LogP contribution in [0.15, 0.2) is 24.3 Å². The quantitative estimate of drug-likeness (QED) is 0.862. The second-order valence-electron chi connectivity index (χ2n) is 7.11. The van der Waals surface area contributed by atoms with Crippen LogP contribution in [0.25, 0.3) is 0 Å². The highest BCUT2D eigenvalue weighted by atomic mass is 16.2. The van der Waals surface area contributed by atoms with Crippen molar-refractivity contribution in [3.8, 4) is 0 Å². The van der Waals surface area contributed by atoms with Crippen molar-refractivity contribution < 1.29 is 9.59 Å². The first-order chi connectivity index (χ1) is 11.6. The fourth-order valence-corrected chi connectivity index (χ4v) is 4.03. The SMILES string of the molecule is Cc1cccc(N2CCN(CC(=O)N3C[C@@H]4C[C@H]3C(=O)N4)CC2)c1. The smallest absolute Gasteiger partial charge is 0.243 e. The van der Waals surface area contributed by atoms with Crippen LogP contribution >= 0.6 is 0 Å². The summed E-state index contributed by atoms with van der Waals surface area (Å²) in [6.45, 7) is 6.85. The van der Waals surface area contributed by atoms with Crippen molar-refractivity contribution in [3.63, 3.8) is 0 Å². The maximum absolute atomic E-state index is 12.5. The van der Waals surface area contributed by atoms with Crippen LogP contribution in [0.5, 0.6) is 0 Å². The third-order valence-corrected chi connectivity index (χ3v) is 5.37. The molecule has 3 fully saturated rings. The Hall–Kier alpha value is -2.08. The summed E-state index contributed by atoms with van der Waals surface area (Å²) in [7, 11) is 0. The van der Waals surface area contributed by atoms with E-state index in [9.17, 15) is 9.59 Å². The van der Waals surface area contributed by atoms with Crippen molar-refractivity contribution >= 4 is 17.5 Å². The largest absolute Gasteiger partial charge is 0.369 e. The molecule has 4 rings (SSSR count). The summed E-state index contributed by atoms with van der Waals surface area (Å²) in [5.74, 6) is 0.116. The van der Waals surface area contributed by atoms with Crippen LogP contribution in [0.3, 0.4) is 0 Å². The zero-order valence-corrected chi connectivity index (χ0v) is 14.1. The van der Waals surface area contributed by atoms with Gasteiger partial charge in [-0.25, -0.2) is 0 Å². The van der Waals surface area contributed by atoms with E-state index < -0.39 is 0 Å². The lowest BCUT2D eigenvalue weighted by Crippen LogP contribution is -2.54. The second kappa shape index (κ2) is 6.09. The molecule has 6 nitrogen and oxygen atoms in total. The molecule has 2 bridgehead atoms. The summed E-state index contributed by atoms with van der Waals surface area (Å²) in [5, 5.41) is 2.92. The van der Waals surface area contributed by atoms with Crippen LogP contribution in [0.1, 0.15) is 12.0 Å². The van der Waals surface area contributed by atoms with Gasteiger partial charge in [0.05, 0.1) is 6.54 Å². The van der Waals surface area contributed by atoms with E-state index in [1.54, 1.807) is 4.90 Å². The van der Waals surface area contributed by atoms with Gasteiger partial charge in [-0.2, -0.15) is 0 Å². The average molecular weight is 328 g/mol. The number of carbonyl (C=O) groups is 2. The Labute approximate surface area is 142 Å². The minimum Gasteiger partial charge on any atom is -0.369 e. The van der Waals surface area contributed by atoms with Gasteiger partial charge in [0, 0.05) is 44.5 Å². The normalized spacial score (nSPS) is 26.8. The van der Waals surface area contributed by atoms with Crippen LogP contribution in [-0.2, 0) is 9.59 Å². The van der Waals surface area contributed by atoms with Crippen LogP contribution in [0.2, 0.25) is 0 Å². The van der Waals surface area contributed by atoms with Gasteiger partial charge in [0.1, 0.15) is 6.04 Å². The molecule has 0 spiro atoms. The van der Waals surface area contributed by atoms with Crippen LogP contribution in [0.4, 0.5) is 5.69 Å². The molecule has 0 unspecified atom stereocenters. The van der Waals surface area contributed by atoms with Crippen LogP contribution in [0, 0.1) is 6.92 Å². The number of hydrogen-bond donors (Lipinski definition) is 1. The van der Waals surface area contributed by atoms with Gasteiger partial charge in [0.15, 0.2) is 0 Å². The molecule has 0 radical (unpaired) electrons. The Morgan fingerprint density at radius 1 is 1.25 bits per heavy atom. The first kappa shape index (κ1) is 15.4. The van der Waals surface area contributed by atoms with Gasteiger partial charge in [-0.15, -0.1) is 0 Å². The zero-order valence-electron chi connectivity index (χ0n) is 14.1. The van der Waals surface area contributed by atoms with E-state index in [1.165, 1.54) is 11.3 Å². The molecule has 3 heterocycles. The van der Waals surface area contributed by atoms with Gasteiger partial charge < -0.3 is 15.1 Å². The van der Waals surface area contributed by atoms with Crippen molar-refractivity contribution in [3.05, 3.63) is 29.8 Å². The number of benzene rings is 1. The molecular weight excluding hydrogens is 304 g/mol. The Morgan fingerprint density at radius 2 is 2.04 bits per heavy atom. The number of fused-ring (bicyclic) bond motifs is 2. The lowest BCUT2D eigenvalue weighted by Gasteiger charge is -2.37. The monoisotopic (exact) mass is 328 g/mol. The summed E-state index contributed by atoms with van der Waals surface area (Å²) in [6, 6.07) is 8.50. The predicted octanol–water partition coefficient (Wildman–Crippen LogP) is 0.216. The Morgan fingerprint density at radius 3 is 2.71 bits per heavy atom. The van der Waals surface area contributed by atoms with Gasteiger partial charge in [-0.1, -0.05) is 12.1 Å². The van der Waals surface area contributed by atoms with E-state index in [0.717, 1.165) is 32.6 Å². The van der Waals surface area contributed by atoms with Gasteiger partial charge in [-0.05, 0) is 31.0 Å². The second-order valence-corrected chi connectivity index (χ2v) is 7.11. The van der Waals surface area contributed by atoms with Crippen molar-refractivity contribution in [2.45, 2.75) is 25.4 Å². The van der Waals surface area contributed by atoms with Crippen LogP contribution in [-0.4, -0.2) is 73.0 Å². The van der Waals surface area contributed by atoms with E-state index in [0.29, 0.717) is 13.1 Å². The number of likely N-dealkylation sites (tertiary alicyclic amines) is 1. The zero-order chi connectivity index (χ0) is 16.7. The van der Waals surface area contributed by atoms with Crippen molar-refractivity contribution in [2.24, 2.45) is 0 Å². The number of amides is 2. The number of rotatable bonds is 3. The first-order valence-corrected chi connectivity index (χ1v) is 8.74. The van der Waals surface area contributed by atoms with Crippen molar-refractivity contribution in [1.82, 2.24) is 15.1 Å². The van der Waals surface area contributed by atoms with Gasteiger partial charge >= 0.3 is 0 Å². The first-order valence-electron chi connectivity index (χ1n) is 8.74. The molecule has 1 N–H and O–H groups in total. The minimum atomic E-state index is -0.226. The fourth-order valence-electron chi connectivity index (χ4n) is 4.03. The van der Waals surface area contributed by atoms with Crippen LogP contribution < -0.4 is 10.2 Å². The number of aryl methyl sites for hydroxylation is 1. The van der Waals surface area contributed by atoms with E-state index in [4.69, 9.17) is 0 Å². The summed E-state index contributed by atoms with van der Waals surface area (Å²) < 4.78 is 0. The lowest BCUT2D eigenvalue weighted by molar-refractivity contribution is -0.140. The maximum atomic E-state index is 12.5. The highest BCUT2D eigenvalue weighted by Crippen LogP contribution is 2.24. The molecule has 2 atom stereocenters. The van der Waals surface area contributed by atoms with Gasteiger partial charge in [0.25, 0.3) is 0 Å². The topological polar surface area (TPSA) is 55.9 Å². The van der Waals surface area contributed by atoms with E-state index in [2.05, 4.69) is 46.3 Å². The third kappa shape index (κ3) is 2.86. The maximum Gasteiger partial charge on any atom is 0.243 e. The molecular formula is C18H24N4O2. The predicted molar refractivity (Wildman–Crippen MR) is 91.9 cm³/mol. The van der Waals surface area contributed by atoms with Gasteiger partial charge in [0.2, 0.25) is 11.8 Å². The van der Waals surface area contributed by atoms with E-state index >= 15 is 0 Å². The molecule has 6 heteroatoms. The standard InChI is InChI=1S/C18H24N4O2/c1-13-3-2-4-15(9-13)21-7-5-20(6-8-21)12-17(23)22-11-14-10-16(22)18(24)19-14/h2-4,9,14,16H,5-8,10-12H2,1H3,(H,19,24)/t14-,16-/m0/s1. The van der Waals surface area contributed by atoms with Crippen molar-refractivity contribution in [2.75, 3.05) is 44.2 Å². The Bertz CT molecular complexity index is 654. The third-order valence-electron chi connectivity index (χ3n) is 5.37. The summed E-state index contributed by atoms with van der Waals surface area (Å²) in [6.07, 6.45) is 0.783. The number of carbonyl (C=O) groups excluding carboxylic acids is 2. The lowest BCUT2D eigenvalue weighted by atomic mass is 10.2. The number of nitrogens with one attached hydrogen (secondary N) is 1. The Kier molecular flexibility index (Phi) is 3.92. The summed E-state index contributed by atoms with van der Waals surface area (Å²) in [4.78, 5) is 30.6. The molecule has 3 saturated heterocycles. The fraction of sp³-hybridized carbons (Fsp3) is 0.556. The minimum absolute atomic E-state index is 0.0175. The molecule has 3 aliphatic rings. The number of nitrogens with zero attached hydrogens (tertiary/aromatic N) is 3. The number of anilines is 1. The Balaban J connectivity index is 1.30. The van der Waals surface area contributed by atoms with E-state index in [-0.39, 0.29) is 23.9 Å². The molecule has 0 aromatic heterocycles. The molecule has 0 saturated carbocycles. The number of piperazine rings is 2. The summed E-state index contributed by atoms with van der Waals surface area (Å²) >= 11 is 0. The summed E-state index contributed by atoms with van der Waals surface area (Å²) in [5.41, 5.74) is 2.53. The molecule has 3 aliphatic heterocycles. The molecule has 1 aromatic rings. The highest BCUT2D eigenvalue weighted by molar-refractivity contribution is 5.92.